The van der Waals surface area contributed by atoms with Crippen molar-refractivity contribution in [3.63, 3.8) is 0 Å². The summed E-state index contributed by atoms with van der Waals surface area (Å²) in [6.45, 7) is 3.81. The summed E-state index contributed by atoms with van der Waals surface area (Å²) in [6, 6.07) is 16.9. The zero-order chi connectivity index (χ0) is 17.5. The highest BCUT2D eigenvalue weighted by atomic mass is 16.5. The van der Waals surface area contributed by atoms with Crippen LogP contribution in [0.3, 0.4) is 0 Å². The molecule has 0 aliphatic carbocycles. The molecule has 1 N–H and O–H groups in total. The van der Waals surface area contributed by atoms with Crippen molar-refractivity contribution in [1.29, 1.82) is 5.26 Å². The SMILES string of the molecule is COc1ccc(/C=C(\C#N)C(=O)NC(C)c2ccccc2)cc1C. The fourth-order valence-electron chi connectivity index (χ4n) is 2.41. The monoisotopic (exact) mass is 320 g/mol. The number of carbonyl (C=O) groups excluding carboxylic acids is 1. The molecule has 0 bridgehead atoms. The normalized spacial score (nSPS) is 12.2. The second kappa shape index (κ2) is 7.98. The number of ether oxygens (including phenoxy) is 1. The number of benzene rings is 2. The molecule has 2 aromatic rings. The summed E-state index contributed by atoms with van der Waals surface area (Å²) in [6.07, 6.45) is 1.58. The first-order valence-electron chi connectivity index (χ1n) is 7.67. The van der Waals surface area contributed by atoms with Crippen molar-refractivity contribution >= 4 is 12.0 Å². The molecule has 0 radical (unpaired) electrons. The zero-order valence-corrected chi connectivity index (χ0v) is 14.0. The van der Waals surface area contributed by atoms with Gasteiger partial charge in [0, 0.05) is 0 Å². The summed E-state index contributed by atoms with van der Waals surface area (Å²) in [5.74, 6) is 0.384. The molecule has 122 valence electrons. The molecule has 24 heavy (non-hydrogen) atoms. The van der Waals surface area contributed by atoms with Crippen molar-refractivity contribution in [1.82, 2.24) is 5.32 Å². The topological polar surface area (TPSA) is 62.1 Å². The van der Waals surface area contributed by atoms with Gasteiger partial charge in [-0.3, -0.25) is 4.79 Å². The zero-order valence-electron chi connectivity index (χ0n) is 14.0. The Labute approximate surface area is 142 Å². The molecule has 0 saturated carbocycles. The number of hydrogen-bond donors (Lipinski definition) is 1. The first-order chi connectivity index (χ1) is 11.5. The van der Waals surface area contributed by atoms with Crippen LogP contribution < -0.4 is 10.1 Å². The third kappa shape index (κ3) is 4.23. The van der Waals surface area contributed by atoms with Gasteiger partial charge in [-0.2, -0.15) is 5.26 Å². The van der Waals surface area contributed by atoms with Gasteiger partial charge in [-0.15, -0.1) is 0 Å². The first-order valence-corrected chi connectivity index (χ1v) is 7.67. The molecule has 0 aliphatic rings. The van der Waals surface area contributed by atoms with Crippen LogP contribution in [0.5, 0.6) is 5.75 Å². The van der Waals surface area contributed by atoms with Gasteiger partial charge in [0.15, 0.2) is 0 Å². The van der Waals surface area contributed by atoms with Crippen LogP contribution in [-0.2, 0) is 4.79 Å². The molecule has 0 heterocycles. The Balaban J connectivity index is 2.17. The Hall–Kier alpha value is -3.06. The molecule has 0 aromatic heterocycles. The smallest absolute Gasteiger partial charge is 0.262 e. The minimum Gasteiger partial charge on any atom is -0.496 e. The predicted octanol–water partition coefficient (Wildman–Crippen LogP) is 3.79. The fourth-order valence-corrected chi connectivity index (χ4v) is 2.41. The Bertz CT molecular complexity index is 789. The van der Waals surface area contributed by atoms with Gasteiger partial charge in [0.05, 0.1) is 13.2 Å². The quantitative estimate of drug-likeness (QED) is 0.673. The van der Waals surface area contributed by atoms with Gasteiger partial charge in [0.25, 0.3) is 5.91 Å². The molecule has 0 spiro atoms. The molecule has 2 aromatic carbocycles. The second-order valence-electron chi connectivity index (χ2n) is 5.50. The van der Waals surface area contributed by atoms with Crippen LogP contribution in [0.2, 0.25) is 0 Å². The van der Waals surface area contributed by atoms with E-state index in [1.807, 2.05) is 68.4 Å². The maximum atomic E-state index is 12.3. The minimum atomic E-state index is -0.387. The van der Waals surface area contributed by atoms with Crippen LogP contribution >= 0.6 is 0 Å². The number of methoxy groups -OCH3 is 1. The van der Waals surface area contributed by atoms with Crippen LogP contribution in [0, 0.1) is 18.3 Å². The number of nitrogens with zero attached hydrogens (tertiary/aromatic N) is 1. The number of rotatable bonds is 5. The van der Waals surface area contributed by atoms with Crippen molar-refractivity contribution in [2.24, 2.45) is 0 Å². The molecule has 4 nitrogen and oxygen atoms in total. The molecule has 0 aliphatic heterocycles. The fraction of sp³-hybridized carbons (Fsp3) is 0.200. The van der Waals surface area contributed by atoms with Crippen molar-refractivity contribution < 1.29 is 9.53 Å². The van der Waals surface area contributed by atoms with E-state index in [4.69, 9.17) is 4.74 Å². The van der Waals surface area contributed by atoms with E-state index >= 15 is 0 Å². The van der Waals surface area contributed by atoms with E-state index in [2.05, 4.69) is 5.32 Å². The molecular formula is C20H20N2O2. The average Bonchev–Trinajstić information content (AvgIpc) is 2.60. The van der Waals surface area contributed by atoms with Crippen LogP contribution in [0.25, 0.3) is 6.08 Å². The van der Waals surface area contributed by atoms with Gasteiger partial charge in [-0.25, -0.2) is 0 Å². The highest BCUT2D eigenvalue weighted by Gasteiger charge is 2.13. The molecule has 1 amide bonds. The molecule has 4 heteroatoms. The van der Waals surface area contributed by atoms with E-state index in [-0.39, 0.29) is 17.5 Å². The van der Waals surface area contributed by atoms with Crippen LogP contribution in [0.1, 0.15) is 29.7 Å². The highest BCUT2D eigenvalue weighted by Crippen LogP contribution is 2.20. The Kier molecular flexibility index (Phi) is 5.75. The summed E-state index contributed by atoms with van der Waals surface area (Å²) >= 11 is 0. The van der Waals surface area contributed by atoms with Crippen LogP contribution in [-0.4, -0.2) is 13.0 Å². The van der Waals surface area contributed by atoms with Crippen molar-refractivity contribution in [2.75, 3.05) is 7.11 Å². The number of nitrogens with one attached hydrogen (secondary N) is 1. The van der Waals surface area contributed by atoms with E-state index in [1.165, 1.54) is 0 Å². The minimum absolute atomic E-state index is 0.0716. The number of aryl methyl sites for hydroxylation is 1. The van der Waals surface area contributed by atoms with Gasteiger partial charge in [-0.05, 0) is 48.7 Å². The summed E-state index contributed by atoms with van der Waals surface area (Å²) in [5.41, 5.74) is 2.79. The van der Waals surface area contributed by atoms with Gasteiger partial charge >= 0.3 is 0 Å². The lowest BCUT2D eigenvalue weighted by Crippen LogP contribution is -2.27. The largest absolute Gasteiger partial charge is 0.496 e. The lowest BCUT2D eigenvalue weighted by atomic mass is 10.1. The van der Waals surface area contributed by atoms with E-state index in [1.54, 1.807) is 13.2 Å². The van der Waals surface area contributed by atoms with E-state index in [9.17, 15) is 10.1 Å². The van der Waals surface area contributed by atoms with Crippen molar-refractivity contribution in [2.45, 2.75) is 19.9 Å². The third-order valence-corrected chi connectivity index (χ3v) is 3.74. The third-order valence-electron chi connectivity index (χ3n) is 3.74. The maximum absolute atomic E-state index is 12.3. The van der Waals surface area contributed by atoms with E-state index < -0.39 is 0 Å². The number of amides is 1. The van der Waals surface area contributed by atoms with Gasteiger partial charge in [0.2, 0.25) is 0 Å². The number of carbonyl (C=O) groups is 1. The number of hydrogen-bond acceptors (Lipinski definition) is 3. The Morgan fingerprint density at radius 3 is 2.54 bits per heavy atom. The lowest BCUT2D eigenvalue weighted by Gasteiger charge is -2.13. The van der Waals surface area contributed by atoms with Gasteiger partial charge in [0.1, 0.15) is 17.4 Å². The second-order valence-corrected chi connectivity index (χ2v) is 5.50. The van der Waals surface area contributed by atoms with Crippen LogP contribution in [0.4, 0.5) is 0 Å². The average molecular weight is 320 g/mol. The summed E-state index contributed by atoms with van der Waals surface area (Å²) in [7, 11) is 1.61. The Morgan fingerprint density at radius 2 is 1.96 bits per heavy atom. The summed E-state index contributed by atoms with van der Waals surface area (Å²) in [4.78, 5) is 12.3. The molecule has 1 atom stereocenters. The van der Waals surface area contributed by atoms with E-state index in [0.29, 0.717) is 0 Å². The summed E-state index contributed by atoms with van der Waals surface area (Å²) in [5, 5.41) is 12.2. The van der Waals surface area contributed by atoms with Crippen LogP contribution in [0.15, 0.2) is 54.1 Å². The molecular weight excluding hydrogens is 300 g/mol. The maximum Gasteiger partial charge on any atom is 0.262 e. The van der Waals surface area contributed by atoms with Crippen molar-refractivity contribution in [3.8, 4) is 11.8 Å². The lowest BCUT2D eigenvalue weighted by molar-refractivity contribution is -0.117. The molecule has 0 fully saturated rings. The van der Waals surface area contributed by atoms with Gasteiger partial charge in [-0.1, -0.05) is 36.4 Å². The Morgan fingerprint density at radius 1 is 1.25 bits per heavy atom. The standard InChI is InChI=1S/C20H20N2O2/c1-14-11-16(9-10-19(14)24-3)12-18(13-21)20(23)22-15(2)17-7-5-4-6-8-17/h4-12,15H,1-3H3,(H,22,23)/b18-12+. The summed E-state index contributed by atoms with van der Waals surface area (Å²) < 4.78 is 5.22. The number of nitriles is 1. The van der Waals surface area contributed by atoms with Gasteiger partial charge < -0.3 is 10.1 Å². The molecule has 1 unspecified atom stereocenters. The van der Waals surface area contributed by atoms with Crippen molar-refractivity contribution in [3.05, 3.63) is 70.8 Å². The molecule has 0 saturated heterocycles. The predicted molar refractivity (Wildman–Crippen MR) is 94.3 cm³/mol. The molecule has 2 rings (SSSR count). The highest BCUT2D eigenvalue weighted by molar-refractivity contribution is 6.01. The first kappa shape index (κ1) is 17.3. The van der Waals surface area contributed by atoms with E-state index in [0.717, 1.165) is 22.4 Å².